The van der Waals surface area contributed by atoms with E-state index in [-0.39, 0.29) is 0 Å². The van der Waals surface area contributed by atoms with Crippen molar-refractivity contribution in [1.82, 2.24) is 5.16 Å². The maximum atomic E-state index is 6.02. The summed E-state index contributed by atoms with van der Waals surface area (Å²) in [4.78, 5) is 2.31. The van der Waals surface area contributed by atoms with Gasteiger partial charge in [-0.25, -0.2) is 0 Å². The fraction of sp³-hybridized carbons (Fsp3) is 0.167. The highest BCUT2D eigenvalue weighted by Gasteiger charge is 2.25. The maximum absolute atomic E-state index is 6.02. The molecule has 0 saturated carbocycles. The highest BCUT2D eigenvalue weighted by atomic mass is 35.5. The molecule has 22 heavy (non-hydrogen) atoms. The Bertz CT molecular complexity index is 823. The maximum Gasteiger partial charge on any atom is 0.146 e. The highest BCUT2D eigenvalue weighted by Crippen LogP contribution is 2.41. The van der Waals surface area contributed by atoms with Gasteiger partial charge in [-0.05, 0) is 37.3 Å². The molecule has 0 radical (unpaired) electrons. The lowest BCUT2D eigenvalue weighted by atomic mass is 10.0. The Hall–Kier alpha value is -2.26. The summed E-state index contributed by atoms with van der Waals surface area (Å²) in [6.45, 7) is 2.84. The van der Waals surface area contributed by atoms with Gasteiger partial charge in [0.2, 0.25) is 0 Å². The number of hydrogen-bond acceptors (Lipinski definition) is 3. The van der Waals surface area contributed by atoms with Gasteiger partial charge in [-0.3, -0.25) is 0 Å². The number of benzene rings is 2. The van der Waals surface area contributed by atoms with E-state index in [9.17, 15) is 0 Å². The minimum atomic E-state index is 0.749. The van der Waals surface area contributed by atoms with Gasteiger partial charge in [-0.2, -0.15) is 0 Å². The molecule has 0 atom stereocenters. The van der Waals surface area contributed by atoms with Crippen molar-refractivity contribution >= 4 is 23.0 Å². The summed E-state index contributed by atoms with van der Waals surface area (Å²) in [6.07, 6.45) is 0.827. The molecule has 1 aliphatic heterocycles. The van der Waals surface area contributed by atoms with Crippen LogP contribution >= 0.6 is 11.6 Å². The standard InChI is InChI=1S/C18H15ClN2O/c1-12-18-15-4-2-3-5-16(15)21(11-10-17(18)22-20-12)14-8-6-13(19)7-9-14/h2-9H,10-11H2,1H3. The first-order chi connectivity index (χ1) is 10.7. The zero-order valence-corrected chi connectivity index (χ0v) is 13.0. The molecule has 0 amide bonds. The first-order valence-corrected chi connectivity index (χ1v) is 7.69. The van der Waals surface area contributed by atoms with Crippen molar-refractivity contribution in [2.75, 3.05) is 11.4 Å². The number of aryl methyl sites for hydroxylation is 1. The molecule has 0 aliphatic carbocycles. The number of hydrogen-bond donors (Lipinski definition) is 0. The van der Waals surface area contributed by atoms with Gasteiger partial charge >= 0.3 is 0 Å². The van der Waals surface area contributed by atoms with Crippen LogP contribution in [0, 0.1) is 6.92 Å². The average molecular weight is 311 g/mol. The monoisotopic (exact) mass is 310 g/mol. The lowest BCUT2D eigenvalue weighted by molar-refractivity contribution is 0.381. The second kappa shape index (κ2) is 5.18. The summed E-state index contributed by atoms with van der Waals surface area (Å²) in [6, 6.07) is 16.4. The zero-order chi connectivity index (χ0) is 15.1. The molecule has 0 fully saturated rings. The third-order valence-corrected chi connectivity index (χ3v) is 4.35. The summed E-state index contributed by atoms with van der Waals surface area (Å²) < 4.78 is 5.53. The number of nitrogens with zero attached hydrogens (tertiary/aromatic N) is 2. The van der Waals surface area contributed by atoms with E-state index < -0.39 is 0 Å². The summed E-state index contributed by atoms with van der Waals surface area (Å²) in [5.74, 6) is 0.960. The van der Waals surface area contributed by atoms with Crippen molar-refractivity contribution in [3.05, 3.63) is 65.0 Å². The SMILES string of the molecule is Cc1noc2c1-c1ccccc1N(c1ccc(Cl)cc1)CC2. The Balaban J connectivity index is 1.90. The summed E-state index contributed by atoms with van der Waals surface area (Å²) in [7, 11) is 0. The van der Waals surface area contributed by atoms with E-state index in [4.69, 9.17) is 16.1 Å². The van der Waals surface area contributed by atoms with Crippen molar-refractivity contribution in [3.8, 4) is 11.1 Å². The Labute approximate surface area is 134 Å². The van der Waals surface area contributed by atoms with Crippen molar-refractivity contribution < 1.29 is 4.52 Å². The van der Waals surface area contributed by atoms with E-state index in [1.807, 2.05) is 19.1 Å². The first kappa shape index (κ1) is 13.4. The molecule has 0 unspecified atom stereocenters. The van der Waals surface area contributed by atoms with E-state index in [2.05, 4.69) is 46.5 Å². The van der Waals surface area contributed by atoms with E-state index in [1.165, 1.54) is 11.3 Å². The van der Waals surface area contributed by atoms with Gasteiger partial charge in [0.15, 0.2) is 0 Å². The van der Waals surface area contributed by atoms with Crippen molar-refractivity contribution in [2.45, 2.75) is 13.3 Å². The van der Waals surface area contributed by atoms with Crippen LogP contribution in [0.1, 0.15) is 11.5 Å². The van der Waals surface area contributed by atoms with Gasteiger partial charge < -0.3 is 9.42 Å². The number of aromatic nitrogens is 1. The smallest absolute Gasteiger partial charge is 0.146 e. The van der Waals surface area contributed by atoms with Crippen LogP contribution < -0.4 is 4.90 Å². The van der Waals surface area contributed by atoms with E-state index in [1.54, 1.807) is 0 Å². The van der Waals surface area contributed by atoms with Crippen LogP contribution in [0.2, 0.25) is 5.02 Å². The molecule has 2 aromatic carbocycles. The topological polar surface area (TPSA) is 29.3 Å². The molecule has 0 spiro atoms. The molecule has 3 nitrogen and oxygen atoms in total. The Morgan fingerprint density at radius 3 is 2.68 bits per heavy atom. The molecular weight excluding hydrogens is 296 g/mol. The van der Waals surface area contributed by atoms with E-state index in [0.29, 0.717) is 0 Å². The largest absolute Gasteiger partial charge is 0.360 e. The predicted octanol–water partition coefficient (Wildman–Crippen LogP) is 5.00. The zero-order valence-electron chi connectivity index (χ0n) is 12.2. The molecule has 110 valence electrons. The van der Waals surface area contributed by atoms with Crippen LogP contribution in [0.4, 0.5) is 11.4 Å². The molecule has 1 aliphatic rings. The van der Waals surface area contributed by atoms with Gasteiger partial charge in [-0.15, -0.1) is 0 Å². The van der Waals surface area contributed by atoms with Gasteiger partial charge in [0.1, 0.15) is 5.76 Å². The summed E-state index contributed by atoms with van der Waals surface area (Å²) in [5, 5.41) is 4.89. The number of fused-ring (bicyclic) bond motifs is 3. The number of anilines is 2. The van der Waals surface area contributed by atoms with Crippen molar-refractivity contribution in [2.24, 2.45) is 0 Å². The van der Waals surface area contributed by atoms with Crippen molar-refractivity contribution in [1.29, 1.82) is 0 Å². The van der Waals surface area contributed by atoms with Gasteiger partial charge in [0, 0.05) is 40.5 Å². The quantitative estimate of drug-likeness (QED) is 0.633. The van der Waals surface area contributed by atoms with E-state index >= 15 is 0 Å². The predicted molar refractivity (Wildman–Crippen MR) is 88.8 cm³/mol. The Kier molecular flexibility index (Phi) is 3.16. The fourth-order valence-corrected chi connectivity index (χ4v) is 3.20. The van der Waals surface area contributed by atoms with Gasteiger partial charge in [-0.1, -0.05) is 35.0 Å². The molecule has 4 rings (SSSR count). The molecule has 2 heterocycles. The molecule has 3 aromatic rings. The lowest BCUT2D eigenvalue weighted by Gasteiger charge is -2.25. The van der Waals surface area contributed by atoms with Crippen LogP contribution in [0.25, 0.3) is 11.1 Å². The van der Waals surface area contributed by atoms with Crippen LogP contribution in [0.3, 0.4) is 0 Å². The Morgan fingerprint density at radius 2 is 1.86 bits per heavy atom. The minimum Gasteiger partial charge on any atom is -0.360 e. The lowest BCUT2D eigenvalue weighted by Crippen LogP contribution is -2.19. The fourth-order valence-electron chi connectivity index (χ4n) is 3.08. The molecule has 4 heteroatoms. The van der Waals surface area contributed by atoms with Gasteiger partial charge in [0.25, 0.3) is 0 Å². The highest BCUT2D eigenvalue weighted by molar-refractivity contribution is 6.30. The van der Waals surface area contributed by atoms with Crippen LogP contribution in [0.15, 0.2) is 53.1 Å². The molecule has 0 bridgehead atoms. The Morgan fingerprint density at radius 1 is 1.09 bits per heavy atom. The second-order valence-electron chi connectivity index (χ2n) is 5.46. The second-order valence-corrected chi connectivity index (χ2v) is 5.90. The van der Waals surface area contributed by atoms with Crippen LogP contribution in [-0.2, 0) is 6.42 Å². The number of halogens is 1. The summed E-state index contributed by atoms with van der Waals surface area (Å²) >= 11 is 6.02. The van der Waals surface area contributed by atoms with Crippen LogP contribution in [0.5, 0.6) is 0 Å². The van der Waals surface area contributed by atoms with Gasteiger partial charge in [0.05, 0.1) is 5.69 Å². The summed E-state index contributed by atoms with van der Waals surface area (Å²) in [5.41, 5.74) is 5.55. The average Bonchev–Trinajstić information content (AvgIpc) is 2.82. The third-order valence-electron chi connectivity index (χ3n) is 4.10. The van der Waals surface area contributed by atoms with E-state index in [0.717, 1.165) is 40.7 Å². The van der Waals surface area contributed by atoms with Crippen LogP contribution in [-0.4, -0.2) is 11.7 Å². The number of rotatable bonds is 1. The normalized spacial score (nSPS) is 13.5. The minimum absolute atomic E-state index is 0.749. The molecule has 0 saturated heterocycles. The number of para-hydroxylation sites is 1. The first-order valence-electron chi connectivity index (χ1n) is 7.31. The van der Waals surface area contributed by atoms with Crippen molar-refractivity contribution in [3.63, 3.8) is 0 Å². The molecular formula is C18H15ClN2O. The molecule has 0 N–H and O–H groups in total. The third kappa shape index (κ3) is 2.09. The molecule has 1 aromatic heterocycles.